The van der Waals surface area contributed by atoms with Gasteiger partial charge in [-0.2, -0.15) is 0 Å². The topological polar surface area (TPSA) is 24.5 Å². The lowest BCUT2D eigenvalue weighted by Crippen LogP contribution is -2.27. The summed E-state index contributed by atoms with van der Waals surface area (Å²) in [6.45, 7) is 9.00. The number of halogens is 1. The molecule has 0 saturated carbocycles. The molecule has 1 rings (SSSR count). The summed E-state index contributed by atoms with van der Waals surface area (Å²) in [6, 6.07) is 6.18. The molecular formula is C16H27ClN2O. The van der Waals surface area contributed by atoms with Crippen molar-refractivity contribution in [3.8, 4) is 0 Å². The highest BCUT2D eigenvalue weighted by Gasteiger charge is 2.10. The normalized spacial score (nSPS) is 10.8. The van der Waals surface area contributed by atoms with Gasteiger partial charge in [-0.05, 0) is 36.6 Å². The van der Waals surface area contributed by atoms with Crippen molar-refractivity contribution in [2.45, 2.75) is 33.2 Å². The highest BCUT2D eigenvalue weighted by molar-refractivity contribution is 6.30. The number of ether oxygens (including phenoxy) is 1. The van der Waals surface area contributed by atoms with Gasteiger partial charge < -0.3 is 15.0 Å². The Morgan fingerprint density at radius 2 is 1.90 bits per heavy atom. The molecule has 1 N–H and O–H groups in total. The summed E-state index contributed by atoms with van der Waals surface area (Å²) in [5.41, 5.74) is 2.55. The molecule has 0 saturated heterocycles. The number of benzene rings is 1. The minimum absolute atomic E-state index is 0.726. The molecule has 114 valence electrons. The zero-order valence-corrected chi connectivity index (χ0v) is 13.7. The van der Waals surface area contributed by atoms with E-state index in [4.69, 9.17) is 16.3 Å². The zero-order chi connectivity index (χ0) is 14.8. The lowest BCUT2D eigenvalue weighted by Gasteiger charge is -2.26. The molecule has 0 heterocycles. The van der Waals surface area contributed by atoms with Gasteiger partial charge in [0.15, 0.2) is 0 Å². The molecule has 0 radical (unpaired) electrons. The number of nitrogens with zero attached hydrogens (tertiary/aromatic N) is 1. The van der Waals surface area contributed by atoms with Crippen LogP contribution in [0.1, 0.15) is 32.3 Å². The highest BCUT2D eigenvalue weighted by atomic mass is 35.5. The van der Waals surface area contributed by atoms with Gasteiger partial charge in [0, 0.05) is 44.0 Å². The van der Waals surface area contributed by atoms with E-state index < -0.39 is 0 Å². The molecule has 0 atom stereocenters. The molecule has 0 aliphatic heterocycles. The van der Waals surface area contributed by atoms with Crippen molar-refractivity contribution in [2.24, 2.45) is 0 Å². The van der Waals surface area contributed by atoms with E-state index in [0.717, 1.165) is 50.7 Å². The summed E-state index contributed by atoms with van der Waals surface area (Å²) in [5.74, 6) is 0. The zero-order valence-electron chi connectivity index (χ0n) is 12.9. The summed E-state index contributed by atoms with van der Waals surface area (Å²) in [6.07, 6.45) is 2.30. The van der Waals surface area contributed by atoms with Crippen LogP contribution in [0.5, 0.6) is 0 Å². The lowest BCUT2D eigenvalue weighted by atomic mass is 10.1. The first-order chi connectivity index (χ1) is 9.72. The molecule has 0 unspecified atom stereocenters. The summed E-state index contributed by atoms with van der Waals surface area (Å²) in [4.78, 5) is 2.45. The monoisotopic (exact) mass is 298 g/mol. The number of nitrogens with one attached hydrogen (secondary N) is 1. The van der Waals surface area contributed by atoms with Crippen LogP contribution in [0.25, 0.3) is 0 Å². The fourth-order valence-electron chi connectivity index (χ4n) is 2.29. The second kappa shape index (κ2) is 10.0. The highest BCUT2D eigenvalue weighted by Crippen LogP contribution is 2.25. The molecular weight excluding hydrogens is 272 g/mol. The fraction of sp³-hybridized carbons (Fsp3) is 0.625. The van der Waals surface area contributed by atoms with Crippen molar-refractivity contribution in [1.82, 2.24) is 5.32 Å². The van der Waals surface area contributed by atoms with E-state index in [-0.39, 0.29) is 0 Å². The standard InChI is InChI=1S/C16H27ClN2O/c1-4-9-19(10-5-2)16-7-6-15(17)12-14(16)13-18-8-11-20-3/h6-7,12,18H,4-5,8-11,13H2,1-3H3. The van der Waals surface area contributed by atoms with Gasteiger partial charge in [0.1, 0.15) is 0 Å². The summed E-state index contributed by atoms with van der Waals surface area (Å²) in [7, 11) is 1.72. The third-order valence-corrected chi connectivity index (χ3v) is 3.40. The van der Waals surface area contributed by atoms with E-state index in [1.165, 1.54) is 11.3 Å². The molecule has 0 aliphatic carbocycles. The van der Waals surface area contributed by atoms with Gasteiger partial charge in [0.05, 0.1) is 6.61 Å². The van der Waals surface area contributed by atoms with Crippen LogP contribution in [0.3, 0.4) is 0 Å². The van der Waals surface area contributed by atoms with Gasteiger partial charge in [0.2, 0.25) is 0 Å². The maximum Gasteiger partial charge on any atom is 0.0587 e. The molecule has 0 spiro atoms. The average Bonchev–Trinajstić information content (AvgIpc) is 2.44. The number of hydrogen-bond donors (Lipinski definition) is 1. The van der Waals surface area contributed by atoms with E-state index in [9.17, 15) is 0 Å². The fourth-order valence-corrected chi connectivity index (χ4v) is 2.49. The first-order valence-electron chi connectivity index (χ1n) is 7.45. The van der Waals surface area contributed by atoms with Crippen molar-refractivity contribution >= 4 is 17.3 Å². The Labute approximate surface area is 128 Å². The minimum atomic E-state index is 0.726. The van der Waals surface area contributed by atoms with Crippen LogP contribution in [0.4, 0.5) is 5.69 Å². The van der Waals surface area contributed by atoms with Crippen LogP contribution in [-0.2, 0) is 11.3 Å². The third-order valence-electron chi connectivity index (χ3n) is 3.17. The molecule has 0 aromatic heterocycles. The minimum Gasteiger partial charge on any atom is -0.383 e. The Bertz CT molecular complexity index is 379. The number of rotatable bonds is 10. The molecule has 0 amide bonds. The van der Waals surface area contributed by atoms with Crippen LogP contribution in [0.2, 0.25) is 5.02 Å². The quantitative estimate of drug-likeness (QED) is 0.667. The number of anilines is 1. The number of hydrogen-bond acceptors (Lipinski definition) is 3. The van der Waals surface area contributed by atoms with E-state index >= 15 is 0 Å². The predicted molar refractivity (Wildman–Crippen MR) is 87.8 cm³/mol. The summed E-state index contributed by atoms with van der Waals surface area (Å²) >= 11 is 6.14. The van der Waals surface area contributed by atoms with E-state index in [1.807, 2.05) is 6.07 Å². The van der Waals surface area contributed by atoms with Crippen LogP contribution in [0.15, 0.2) is 18.2 Å². The molecule has 20 heavy (non-hydrogen) atoms. The van der Waals surface area contributed by atoms with Crippen LogP contribution in [0, 0.1) is 0 Å². The Kier molecular flexibility index (Phi) is 8.67. The van der Waals surface area contributed by atoms with Crippen LogP contribution in [-0.4, -0.2) is 33.4 Å². The van der Waals surface area contributed by atoms with Crippen molar-refractivity contribution in [3.05, 3.63) is 28.8 Å². The predicted octanol–water partition coefficient (Wildman–Crippen LogP) is 3.70. The molecule has 0 fully saturated rings. The second-order valence-electron chi connectivity index (χ2n) is 4.93. The first-order valence-corrected chi connectivity index (χ1v) is 7.83. The smallest absolute Gasteiger partial charge is 0.0587 e. The maximum absolute atomic E-state index is 6.14. The van der Waals surface area contributed by atoms with Gasteiger partial charge in [-0.15, -0.1) is 0 Å². The summed E-state index contributed by atoms with van der Waals surface area (Å²) in [5, 5.41) is 4.20. The largest absolute Gasteiger partial charge is 0.383 e. The van der Waals surface area contributed by atoms with E-state index in [0.29, 0.717) is 0 Å². The molecule has 0 bridgehead atoms. The molecule has 4 heteroatoms. The third kappa shape index (κ3) is 5.70. The molecule has 0 aliphatic rings. The van der Waals surface area contributed by atoms with E-state index in [2.05, 4.69) is 36.2 Å². The first kappa shape index (κ1) is 17.3. The van der Waals surface area contributed by atoms with Gasteiger partial charge in [-0.3, -0.25) is 0 Å². The van der Waals surface area contributed by atoms with E-state index in [1.54, 1.807) is 7.11 Å². The second-order valence-corrected chi connectivity index (χ2v) is 5.37. The SMILES string of the molecule is CCCN(CCC)c1ccc(Cl)cc1CNCCOC. The Morgan fingerprint density at radius 3 is 2.50 bits per heavy atom. The molecule has 1 aromatic rings. The maximum atomic E-state index is 6.14. The summed E-state index contributed by atoms with van der Waals surface area (Å²) < 4.78 is 5.06. The van der Waals surface area contributed by atoms with Crippen molar-refractivity contribution in [2.75, 3.05) is 38.3 Å². The van der Waals surface area contributed by atoms with Gasteiger partial charge in [-0.1, -0.05) is 25.4 Å². The van der Waals surface area contributed by atoms with Gasteiger partial charge >= 0.3 is 0 Å². The average molecular weight is 299 g/mol. The number of methoxy groups -OCH3 is 1. The van der Waals surface area contributed by atoms with Crippen molar-refractivity contribution in [1.29, 1.82) is 0 Å². The Morgan fingerprint density at radius 1 is 1.20 bits per heavy atom. The Balaban J connectivity index is 2.81. The molecule has 1 aromatic carbocycles. The Hall–Kier alpha value is -0.770. The van der Waals surface area contributed by atoms with Gasteiger partial charge in [0.25, 0.3) is 0 Å². The van der Waals surface area contributed by atoms with Crippen molar-refractivity contribution in [3.63, 3.8) is 0 Å². The van der Waals surface area contributed by atoms with Crippen LogP contribution >= 0.6 is 11.6 Å². The van der Waals surface area contributed by atoms with Crippen LogP contribution < -0.4 is 10.2 Å². The van der Waals surface area contributed by atoms with Crippen molar-refractivity contribution < 1.29 is 4.74 Å². The van der Waals surface area contributed by atoms with Gasteiger partial charge in [-0.25, -0.2) is 0 Å². The molecule has 3 nitrogen and oxygen atoms in total. The lowest BCUT2D eigenvalue weighted by molar-refractivity contribution is 0.199.